The zero-order valence-corrected chi connectivity index (χ0v) is 13.5. The summed E-state index contributed by atoms with van der Waals surface area (Å²) >= 11 is 0. The molecule has 0 spiro atoms. The van der Waals surface area contributed by atoms with Crippen molar-refractivity contribution in [3.63, 3.8) is 0 Å². The SMILES string of the molecule is COc1ccnc(N2CCN(C(=O)Cc3ccccc3F)CC2)n1. The van der Waals surface area contributed by atoms with Crippen LogP contribution in [0.25, 0.3) is 0 Å². The summed E-state index contributed by atoms with van der Waals surface area (Å²) < 4.78 is 18.8. The number of hydrogen-bond acceptors (Lipinski definition) is 5. The van der Waals surface area contributed by atoms with Crippen LogP contribution in [0.5, 0.6) is 5.88 Å². The van der Waals surface area contributed by atoms with Gasteiger partial charge in [-0.1, -0.05) is 18.2 Å². The van der Waals surface area contributed by atoms with E-state index < -0.39 is 0 Å². The lowest BCUT2D eigenvalue weighted by Crippen LogP contribution is -2.49. The summed E-state index contributed by atoms with van der Waals surface area (Å²) in [6, 6.07) is 8.08. The number of anilines is 1. The van der Waals surface area contributed by atoms with Gasteiger partial charge in [-0.25, -0.2) is 9.37 Å². The Morgan fingerprint density at radius 1 is 1.21 bits per heavy atom. The smallest absolute Gasteiger partial charge is 0.228 e. The van der Waals surface area contributed by atoms with E-state index in [1.807, 2.05) is 4.90 Å². The van der Waals surface area contributed by atoms with Gasteiger partial charge in [-0.2, -0.15) is 4.98 Å². The van der Waals surface area contributed by atoms with Crippen LogP contribution < -0.4 is 9.64 Å². The van der Waals surface area contributed by atoms with Crippen molar-refractivity contribution < 1.29 is 13.9 Å². The normalized spacial score (nSPS) is 14.6. The van der Waals surface area contributed by atoms with Crippen molar-refractivity contribution in [1.29, 1.82) is 0 Å². The van der Waals surface area contributed by atoms with Crippen molar-refractivity contribution in [2.24, 2.45) is 0 Å². The van der Waals surface area contributed by atoms with Gasteiger partial charge in [0.25, 0.3) is 0 Å². The number of benzene rings is 1. The van der Waals surface area contributed by atoms with Gasteiger partial charge in [0.15, 0.2) is 0 Å². The number of nitrogens with zero attached hydrogens (tertiary/aromatic N) is 4. The lowest BCUT2D eigenvalue weighted by Gasteiger charge is -2.34. The predicted molar refractivity (Wildman–Crippen MR) is 87.5 cm³/mol. The Kier molecular flexibility index (Phi) is 4.88. The van der Waals surface area contributed by atoms with E-state index in [0.717, 1.165) is 0 Å². The van der Waals surface area contributed by atoms with Crippen molar-refractivity contribution in [2.75, 3.05) is 38.2 Å². The first kappa shape index (κ1) is 16.2. The first-order valence-electron chi connectivity index (χ1n) is 7.80. The lowest BCUT2D eigenvalue weighted by atomic mass is 10.1. The summed E-state index contributed by atoms with van der Waals surface area (Å²) in [5.74, 6) is 0.703. The molecule has 0 unspecified atom stereocenters. The fourth-order valence-electron chi connectivity index (χ4n) is 2.67. The molecule has 3 rings (SSSR count). The van der Waals surface area contributed by atoms with Gasteiger partial charge in [-0.3, -0.25) is 4.79 Å². The molecule has 1 saturated heterocycles. The Bertz CT molecular complexity index is 717. The number of carbonyl (C=O) groups excluding carboxylic acids is 1. The number of amides is 1. The minimum absolute atomic E-state index is 0.0636. The van der Waals surface area contributed by atoms with Crippen LogP contribution in [0, 0.1) is 5.82 Å². The summed E-state index contributed by atoms with van der Waals surface area (Å²) in [5.41, 5.74) is 0.432. The molecule has 1 aliphatic heterocycles. The van der Waals surface area contributed by atoms with E-state index in [1.54, 1.807) is 42.5 Å². The van der Waals surface area contributed by atoms with Gasteiger partial charge in [0, 0.05) is 38.4 Å². The number of carbonyl (C=O) groups is 1. The van der Waals surface area contributed by atoms with Crippen LogP contribution in [0.1, 0.15) is 5.56 Å². The minimum Gasteiger partial charge on any atom is -0.481 e. The topological polar surface area (TPSA) is 58.6 Å². The molecule has 24 heavy (non-hydrogen) atoms. The molecule has 0 aliphatic carbocycles. The standard InChI is InChI=1S/C17H19FN4O2/c1-24-15-6-7-19-17(20-15)22-10-8-21(9-11-22)16(23)12-13-4-2-3-5-14(13)18/h2-7H,8-12H2,1H3. The maximum Gasteiger partial charge on any atom is 0.228 e. The molecule has 0 N–H and O–H groups in total. The Hall–Kier alpha value is -2.70. The zero-order valence-electron chi connectivity index (χ0n) is 13.5. The second kappa shape index (κ2) is 7.25. The lowest BCUT2D eigenvalue weighted by molar-refractivity contribution is -0.130. The number of methoxy groups -OCH3 is 1. The van der Waals surface area contributed by atoms with E-state index in [1.165, 1.54) is 6.07 Å². The van der Waals surface area contributed by atoms with Crippen molar-refractivity contribution in [3.05, 3.63) is 47.9 Å². The zero-order chi connectivity index (χ0) is 16.9. The highest BCUT2D eigenvalue weighted by atomic mass is 19.1. The van der Waals surface area contributed by atoms with E-state index in [0.29, 0.717) is 43.6 Å². The van der Waals surface area contributed by atoms with E-state index in [-0.39, 0.29) is 18.1 Å². The Morgan fingerprint density at radius 3 is 2.67 bits per heavy atom. The molecule has 0 atom stereocenters. The van der Waals surface area contributed by atoms with Crippen molar-refractivity contribution in [2.45, 2.75) is 6.42 Å². The third-order valence-corrected chi connectivity index (χ3v) is 4.04. The number of hydrogen-bond donors (Lipinski definition) is 0. The number of ether oxygens (including phenoxy) is 1. The van der Waals surface area contributed by atoms with Gasteiger partial charge >= 0.3 is 0 Å². The molecule has 1 aliphatic rings. The van der Waals surface area contributed by atoms with Crippen LogP contribution in [-0.2, 0) is 11.2 Å². The highest BCUT2D eigenvalue weighted by Gasteiger charge is 2.23. The molecule has 7 heteroatoms. The molecule has 2 aromatic rings. The van der Waals surface area contributed by atoms with Crippen molar-refractivity contribution in [3.8, 4) is 5.88 Å². The highest BCUT2D eigenvalue weighted by molar-refractivity contribution is 5.79. The quantitative estimate of drug-likeness (QED) is 0.851. The largest absolute Gasteiger partial charge is 0.481 e. The molecule has 0 bridgehead atoms. The summed E-state index contributed by atoms with van der Waals surface area (Å²) in [6.45, 7) is 2.40. The first-order chi connectivity index (χ1) is 11.7. The summed E-state index contributed by atoms with van der Waals surface area (Å²) in [7, 11) is 1.56. The van der Waals surface area contributed by atoms with Gasteiger partial charge in [-0.05, 0) is 11.6 Å². The molecule has 6 nitrogen and oxygen atoms in total. The van der Waals surface area contributed by atoms with Gasteiger partial charge < -0.3 is 14.5 Å². The average Bonchev–Trinajstić information content (AvgIpc) is 2.64. The molecule has 0 saturated carbocycles. The van der Waals surface area contributed by atoms with E-state index in [2.05, 4.69) is 9.97 Å². The Balaban J connectivity index is 1.58. The van der Waals surface area contributed by atoms with Gasteiger partial charge in [-0.15, -0.1) is 0 Å². The molecule has 1 aromatic heterocycles. The van der Waals surface area contributed by atoms with E-state index >= 15 is 0 Å². The average molecular weight is 330 g/mol. The summed E-state index contributed by atoms with van der Waals surface area (Å²) in [5, 5.41) is 0. The van der Waals surface area contributed by atoms with Crippen LogP contribution in [-0.4, -0.2) is 54.1 Å². The molecule has 2 heterocycles. The maximum absolute atomic E-state index is 13.7. The second-order valence-corrected chi connectivity index (χ2v) is 5.54. The van der Waals surface area contributed by atoms with Crippen LogP contribution in [0.3, 0.4) is 0 Å². The molecule has 0 radical (unpaired) electrons. The van der Waals surface area contributed by atoms with Gasteiger partial charge in [0.2, 0.25) is 17.7 Å². The first-order valence-corrected chi connectivity index (χ1v) is 7.80. The fraction of sp³-hybridized carbons (Fsp3) is 0.353. The van der Waals surface area contributed by atoms with Crippen LogP contribution in [0.4, 0.5) is 10.3 Å². The molecule has 1 fully saturated rings. The highest BCUT2D eigenvalue weighted by Crippen LogP contribution is 2.15. The van der Waals surface area contributed by atoms with Gasteiger partial charge in [0.1, 0.15) is 5.82 Å². The monoisotopic (exact) mass is 330 g/mol. The number of aromatic nitrogens is 2. The molecule has 1 amide bonds. The maximum atomic E-state index is 13.7. The van der Waals surface area contributed by atoms with Crippen molar-refractivity contribution in [1.82, 2.24) is 14.9 Å². The molecule has 1 aromatic carbocycles. The van der Waals surface area contributed by atoms with Gasteiger partial charge in [0.05, 0.1) is 13.5 Å². The van der Waals surface area contributed by atoms with Crippen LogP contribution >= 0.6 is 0 Å². The third kappa shape index (κ3) is 3.61. The number of halogens is 1. The number of piperazine rings is 1. The minimum atomic E-state index is -0.339. The second-order valence-electron chi connectivity index (χ2n) is 5.54. The number of rotatable bonds is 4. The van der Waals surface area contributed by atoms with Crippen LogP contribution in [0.2, 0.25) is 0 Å². The van der Waals surface area contributed by atoms with Crippen molar-refractivity contribution >= 4 is 11.9 Å². The predicted octanol–water partition coefficient (Wildman–Crippen LogP) is 1.52. The third-order valence-electron chi connectivity index (χ3n) is 4.04. The van der Waals surface area contributed by atoms with E-state index in [4.69, 9.17) is 4.74 Å². The molecule has 126 valence electrons. The Labute approximate surface area is 139 Å². The summed E-state index contributed by atoms with van der Waals surface area (Å²) in [4.78, 5) is 24.7. The molecular weight excluding hydrogens is 311 g/mol. The Morgan fingerprint density at radius 2 is 1.96 bits per heavy atom. The summed E-state index contributed by atoms with van der Waals surface area (Å²) in [6.07, 6.45) is 1.74. The van der Waals surface area contributed by atoms with Crippen LogP contribution in [0.15, 0.2) is 36.5 Å². The fourth-order valence-corrected chi connectivity index (χ4v) is 2.67. The molecular formula is C17H19FN4O2. The van der Waals surface area contributed by atoms with E-state index in [9.17, 15) is 9.18 Å².